The van der Waals surface area contributed by atoms with Gasteiger partial charge in [-0.3, -0.25) is 8.98 Å². The number of hydrogen-bond acceptors (Lipinski definition) is 10. The lowest BCUT2D eigenvalue weighted by molar-refractivity contribution is -0.0138. The Bertz CT molecular complexity index is 1470. The van der Waals surface area contributed by atoms with Crippen LogP contribution in [0.4, 0.5) is 5.82 Å². The molecule has 13 heteroatoms. The number of rotatable bonds is 8. The standard InChI is InChI=1S/C25H27ClN4O6S2/c1-25(20-8-17(26)3-2-14(20)4-5-35-25)16-7-22(37-12-16)23(32)19-10-28-13-29-24(19)30-18-6-15(21(31)9-18)11-36-38(27,33)34/h2-3,7-8,10,12-13,15,18,21,31H,4-6,9,11H2,1H3,(H2,27,33,34)(H,28,29,30)/t15-,18-,21+,25?/m1/s1. The van der Waals surface area contributed by atoms with Crippen molar-refractivity contribution in [1.29, 1.82) is 0 Å². The van der Waals surface area contributed by atoms with Crippen LogP contribution < -0.4 is 10.5 Å². The van der Waals surface area contributed by atoms with Crippen LogP contribution in [0.2, 0.25) is 5.02 Å². The molecule has 4 N–H and O–H groups in total. The van der Waals surface area contributed by atoms with E-state index in [-0.39, 0.29) is 24.0 Å². The molecular weight excluding hydrogens is 552 g/mol. The fourth-order valence-corrected chi connectivity index (χ4v) is 6.61. The van der Waals surface area contributed by atoms with Crippen LogP contribution in [-0.2, 0) is 31.2 Å². The van der Waals surface area contributed by atoms with Crippen LogP contribution in [-0.4, -0.2) is 54.6 Å². The van der Waals surface area contributed by atoms with Crippen LogP contribution in [0.15, 0.2) is 42.2 Å². The van der Waals surface area contributed by atoms with E-state index in [0.29, 0.717) is 35.2 Å². The Hall–Kier alpha value is -2.45. The van der Waals surface area contributed by atoms with Gasteiger partial charge in [0.05, 0.1) is 29.8 Å². The van der Waals surface area contributed by atoms with Gasteiger partial charge in [-0.15, -0.1) is 11.3 Å². The number of carbonyl (C=O) groups excluding carboxylic acids is 1. The van der Waals surface area contributed by atoms with E-state index < -0.39 is 27.9 Å². The number of benzene rings is 1. The zero-order chi connectivity index (χ0) is 27.1. The summed E-state index contributed by atoms with van der Waals surface area (Å²) in [4.78, 5) is 22.4. The second kappa shape index (κ2) is 10.6. The number of fused-ring (bicyclic) bond motifs is 1. The summed E-state index contributed by atoms with van der Waals surface area (Å²) in [5.74, 6) is -0.343. The minimum Gasteiger partial charge on any atom is -0.393 e. The Labute approximate surface area is 229 Å². The molecular formula is C25H27ClN4O6S2. The fourth-order valence-electron chi connectivity index (χ4n) is 5.12. The van der Waals surface area contributed by atoms with Crippen molar-refractivity contribution in [2.75, 3.05) is 18.5 Å². The Morgan fingerprint density at radius 2 is 2.18 bits per heavy atom. The Morgan fingerprint density at radius 3 is 2.97 bits per heavy atom. The van der Waals surface area contributed by atoms with Gasteiger partial charge in [-0.2, -0.15) is 8.42 Å². The van der Waals surface area contributed by atoms with Crippen molar-refractivity contribution in [2.24, 2.45) is 11.1 Å². The number of aromatic nitrogens is 2. The van der Waals surface area contributed by atoms with Gasteiger partial charge in [0.15, 0.2) is 0 Å². The molecule has 1 saturated carbocycles. The van der Waals surface area contributed by atoms with Gasteiger partial charge in [-0.05, 0) is 66.5 Å². The summed E-state index contributed by atoms with van der Waals surface area (Å²) in [6, 6.07) is 7.38. The zero-order valence-corrected chi connectivity index (χ0v) is 22.9. The molecule has 0 saturated heterocycles. The Kier molecular flexibility index (Phi) is 7.57. The van der Waals surface area contributed by atoms with Crippen LogP contribution in [0.5, 0.6) is 0 Å². The number of ether oxygens (including phenoxy) is 1. The van der Waals surface area contributed by atoms with Gasteiger partial charge in [-0.1, -0.05) is 17.7 Å². The Balaban J connectivity index is 1.35. The normalized spacial score (nSPS) is 25.2. The molecule has 4 atom stereocenters. The first-order chi connectivity index (χ1) is 18.0. The third kappa shape index (κ3) is 5.62. The van der Waals surface area contributed by atoms with E-state index in [9.17, 15) is 18.3 Å². The summed E-state index contributed by atoms with van der Waals surface area (Å²) in [7, 11) is -4.10. The summed E-state index contributed by atoms with van der Waals surface area (Å²) >= 11 is 7.60. The van der Waals surface area contributed by atoms with Crippen LogP contribution >= 0.6 is 22.9 Å². The maximum atomic E-state index is 13.6. The lowest BCUT2D eigenvalue weighted by Crippen LogP contribution is -2.33. The number of aliphatic hydroxyl groups is 1. The molecule has 1 unspecified atom stereocenters. The van der Waals surface area contributed by atoms with Gasteiger partial charge in [0, 0.05) is 23.2 Å². The quantitative estimate of drug-likeness (QED) is 0.342. The molecule has 202 valence electrons. The van der Waals surface area contributed by atoms with Crippen LogP contribution in [0, 0.1) is 5.92 Å². The predicted molar refractivity (Wildman–Crippen MR) is 143 cm³/mol. The number of anilines is 1. The Morgan fingerprint density at radius 1 is 1.37 bits per heavy atom. The molecule has 0 spiro atoms. The van der Waals surface area contributed by atoms with Gasteiger partial charge in [0.2, 0.25) is 5.78 Å². The third-order valence-electron chi connectivity index (χ3n) is 7.12. The highest BCUT2D eigenvalue weighted by atomic mass is 35.5. The monoisotopic (exact) mass is 578 g/mol. The second-order valence-corrected chi connectivity index (χ2v) is 12.2. The summed E-state index contributed by atoms with van der Waals surface area (Å²) in [6.07, 6.45) is 3.54. The van der Waals surface area contributed by atoms with Crippen molar-refractivity contribution >= 4 is 44.8 Å². The molecule has 0 amide bonds. The molecule has 0 radical (unpaired) electrons. The van der Waals surface area contributed by atoms with Gasteiger partial charge >= 0.3 is 10.3 Å². The van der Waals surface area contributed by atoms with E-state index in [2.05, 4.69) is 19.5 Å². The highest BCUT2D eigenvalue weighted by molar-refractivity contribution is 7.84. The SMILES string of the molecule is CC1(c2csc(C(=O)c3cncnc3N[C@@H]3C[C@H](COS(N)(=O)=O)[C@@H](O)C3)c2)OCCc2ccc(Cl)cc21. The van der Waals surface area contributed by atoms with Crippen molar-refractivity contribution < 1.29 is 27.2 Å². The molecule has 10 nitrogen and oxygen atoms in total. The van der Waals surface area contributed by atoms with Crippen LogP contribution in [0.3, 0.4) is 0 Å². The van der Waals surface area contributed by atoms with E-state index in [1.165, 1.54) is 23.9 Å². The van der Waals surface area contributed by atoms with Crippen molar-refractivity contribution in [2.45, 2.75) is 43.9 Å². The summed E-state index contributed by atoms with van der Waals surface area (Å²) in [5, 5.41) is 21.0. The zero-order valence-electron chi connectivity index (χ0n) is 20.5. The molecule has 1 fully saturated rings. The van der Waals surface area contributed by atoms with E-state index in [1.54, 1.807) is 0 Å². The number of thiophene rings is 1. The number of halogens is 1. The molecule has 38 heavy (non-hydrogen) atoms. The number of nitrogens with one attached hydrogen (secondary N) is 1. The third-order valence-corrected chi connectivity index (χ3v) is 8.75. The number of carbonyl (C=O) groups is 1. The minimum atomic E-state index is -4.10. The fraction of sp³-hybridized carbons (Fsp3) is 0.400. The number of ketones is 1. The summed E-state index contributed by atoms with van der Waals surface area (Å²) < 4.78 is 33.1. The molecule has 1 aliphatic heterocycles. The van der Waals surface area contributed by atoms with Crippen molar-refractivity contribution in [1.82, 2.24) is 9.97 Å². The average Bonchev–Trinajstić information content (AvgIpc) is 3.50. The molecule has 0 bridgehead atoms. The topological polar surface area (TPSA) is 154 Å². The van der Waals surface area contributed by atoms with Gasteiger partial charge in [-0.25, -0.2) is 15.1 Å². The number of aliphatic hydroxyl groups excluding tert-OH is 1. The average molecular weight is 579 g/mol. The van der Waals surface area contributed by atoms with Gasteiger partial charge in [0.1, 0.15) is 17.7 Å². The molecule has 1 aliphatic carbocycles. The molecule has 3 aromatic rings. The van der Waals surface area contributed by atoms with Crippen molar-refractivity contribution in [3.63, 3.8) is 0 Å². The molecule has 2 aromatic heterocycles. The number of hydrogen-bond donors (Lipinski definition) is 3. The van der Waals surface area contributed by atoms with E-state index in [0.717, 1.165) is 23.1 Å². The van der Waals surface area contributed by atoms with Gasteiger partial charge < -0.3 is 15.2 Å². The maximum absolute atomic E-state index is 13.6. The first kappa shape index (κ1) is 27.1. The molecule has 1 aromatic carbocycles. The van der Waals surface area contributed by atoms with E-state index in [4.69, 9.17) is 21.5 Å². The second-order valence-electron chi connectivity index (χ2n) is 9.66. The first-order valence-electron chi connectivity index (χ1n) is 12.0. The highest BCUT2D eigenvalue weighted by Gasteiger charge is 2.37. The highest BCUT2D eigenvalue weighted by Crippen LogP contribution is 2.42. The van der Waals surface area contributed by atoms with E-state index in [1.807, 2.05) is 36.6 Å². The van der Waals surface area contributed by atoms with Crippen LogP contribution in [0.25, 0.3) is 0 Å². The summed E-state index contributed by atoms with van der Waals surface area (Å²) in [5.41, 5.74) is 2.56. The number of nitrogens with two attached hydrogens (primary N) is 1. The van der Waals surface area contributed by atoms with Crippen molar-refractivity contribution in [3.05, 3.63) is 74.3 Å². The van der Waals surface area contributed by atoms with Gasteiger partial charge in [0.25, 0.3) is 0 Å². The maximum Gasteiger partial charge on any atom is 0.333 e. The largest absolute Gasteiger partial charge is 0.393 e. The molecule has 5 rings (SSSR count). The lowest BCUT2D eigenvalue weighted by Gasteiger charge is -2.36. The first-order valence-corrected chi connectivity index (χ1v) is 14.7. The molecule has 3 heterocycles. The van der Waals surface area contributed by atoms with Crippen LogP contribution in [0.1, 0.15) is 51.7 Å². The number of nitrogens with zero attached hydrogens (tertiary/aromatic N) is 2. The van der Waals surface area contributed by atoms with Crippen molar-refractivity contribution in [3.8, 4) is 0 Å². The minimum absolute atomic E-state index is 0.221. The smallest absolute Gasteiger partial charge is 0.333 e. The predicted octanol–water partition coefficient (Wildman–Crippen LogP) is 3.03. The lowest BCUT2D eigenvalue weighted by atomic mass is 9.83. The molecule has 2 aliphatic rings. The van der Waals surface area contributed by atoms with E-state index >= 15 is 0 Å². The summed E-state index contributed by atoms with van der Waals surface area (Å²) in [6.45, 7) is 2.32.